The van der Waals surface area contributed by atoms with Gasteiger partial charge in [0.25, 0.3) is 0 Å². The minimum atomic E-state index is -0.993. The van der Waals surface area contributed by atoms with Gasteiger partial charge in [0, 0.05) is 19.0 Å². The number of nitrogens with one attached hydrogen (secondary N) is 2. The molecule has 1 aromatic rings. The van der Waals surface area contributed by atoms with Gasteiger partial charge < -0.3 is 21.5 Å². The lowest BCUT2D eigenvalue weighted by Gasteiger charge is -2.14. The van der Waals surface area contributed by atoms with Gasteiger partial charge >= 0.3 is 5.97 Å². The number of anilines is 2. The summed E-state index contributed by atoms with van der Waals surface area (Å²) >= 11 is 0. The van der Waals surface area contributed by atoms with Crippen LogP contribution in [0, 0.1) is 0 Å². The van der Waals surface area contributed by atoms with Gasteiger partial charge in [-0.25, -0.2) is 4.79 Å². The minimum Gasteiger partial charge on any atom is -0.478 e. The number of carboxylic acid groups (broad SMARTS) is 1. The molecule has 1 atom stereocenters. The minimum absolute atomic E-state index is 0.0501. The second-order valence-electron chi connectivity index (χ2n) is 4.29. The second-order valence-corrected chi connectivity index (χ2v) is 4.29. The zero-order chi connectivity index (χ0) is 13.1. The first-order valence-electron chi connectivity index (χ1n) is 5.72. The number of hydrogen-bond donors (Lipinski definition) is 4. The Labute approximate surface area is 104 Å². The molecule has 1 aliphatic heterocycles. The summed E-state index contributed by atoms with van der Waals surface area (Å²) in [4.78, 5) is 21.9. The number of rotatable bonds is 4. The van der Waals surface area contributed by atoms with Gasteiger partial charge in [-0.05, 0) is 24.6 Å². The van der Waals surface area contributed by atoms with Crippen molar-refractivity contribution in [2.45, 2.75) is 18.9 Å². The molecular weight excluding hydrogens is 234 g/mol. The molecule has 0 bridgehead atoms. The van der Waals surface area contributed by atoms with Crippen molar-refractivity contribution in [3.63, 3.8) is 0 Å². The number of aromatic carboxylic acids is 1. The van der Waals surface area contributed by atoms with Crippen LogP contribution in [0.5, 0.6) is 0 Å². The number of nitrogens with two attached hydrogens (primary N) is 1. The molecule has 1 aromatic carbocycles. The summed E-state index contributed by atoms with van der Waals surface area (Å²) in [6.45, 7) is 0.541. The summed E-state index contributed by atoms with van der Waals surface area (Å²) in [5.41, 5.74) is 7.01. The molecule has 5 N–H and O–H groups in total. The average Bonchev–Trinajstić information content (AvgIpc) is 2.74. The highest BCUT2D eigenvalue weighted by molar-refractivity contribution is 5.90. The molecule has 96 valence electrons. The van der Waals surface area contributed by atoms with Crippen LogP contribution in [0.25, 0.3) is 0 Å². The van der Waals surface area contributed by atoms with E-state index >= 15 is 0 Å². The smallest absolute Gasteiger partial charge is 0.335 e. The largest absolute Gasteiger partial charge is 0.478 e. The highest BCUT2D eigenvalue weighted by atomic mass is 16.4. The standard InChI is InChI=1S/C12H15N3O3/c13-9-3-1-7(12(17)18)5-10(9)14-6-8-2-4-11(16)15-8/h1,3,5,8,14H,2,4,6,13H2,(H,15,16)(H,17,18). The quantitative estimate of drug-likeness (QED) is 0.587. The van der Waals surface area contributed by atoms with Crippen molar-refractivity contribution in [3.05, 3.63) is 23.8 Å². The first-order chi connectivity index (χ1) is 8.56. The Bertz CT molecular complexity index is 487. The Morgan fingerprint density at radius 1 is 1.56 bits per heavy atom. The van der Waals surface area contributed by atoms with Gasteiger partial charge in [0.15, 0.2) is 0 Å². The fourth-order valence-corrected chi connectivity index (χ4v) is 1.91. The first kappa shape index (κ1) is 12.2. The van der Waals surface area contributed by atoms with Crippen LogP contribution in [0.2, 0.25) is 0 Å². The van der Waals surface area contributed by atoms with Crippen molar-refractivity contribution in [2.24, 2.45) is 0 Å². The number of hydrogen-bond acceptors (Lipinski definition) is 4. The van der Waals surface area contributed by atoms with Crippen molar-refractivity contribution in [3.8, 4) is 0 Å². The molecule has 0 saturated carbocycles. The van der Waals surface area contributed by atoms with Crippen LogP contribution in [-0.2, 0) is 4.79 Å². The maximum Gasteiger partial charge on any atom is 0.335 e. The van der Waals surface area contributed by atoms with Crippen LogP contribution in [0.3, 0.4) is 0 Å². The topological polar surface area (TPSA) is 104 Å². The van der Waals surface area contributed by atoms with E-state index in [0.717, 1.165) is 6.42 Å². The highest BCUT2D eigenvalue weighted by Gasteiger charge is 2.20. The Hall–Kier alpha value is -2.24. The van der Waals surface area contributed by atoms with Crippen molar-refractivity contribution in [2.75, 3.05) is 17.6 Å². The predicted molar refractivity (Wildman–Crippen MR) is 67.5 cm³/mol. The molecule has 0 aromatic heterocycles. The summed E-state index contributed by atoms with van der Waals surface area (Å²) in [5, 5.41) is 14.8. The number of carboxylic acids is 1. The molecule has 2 rings (SSSR count). The zero-order valence-electron chi connectivity index (χ0n) is 9.77. The normalized spacial score (nSPS) is 18.4. The maximum absolute atomic E-state index is 11.0. The van der Waals surface area contributed by atoms with Crippen molar-refractivity contribution in [1.82, 2.24) is 5.32 Å². The second kappa shape index (κ2) is 4.95. The fraction of sp³-hybridized carbons (Fsp3) is 0.333. The lowest BCUT2D eigenvalue weighted by atomic mass is 10.1. The van der Waals surface area contributed by atoms with E-state index in [-0.39, 0.29) is 17.5 Å². The van der Waals surface area contributed by atoms with E-state index in [1.54, 1.807) is 6.07 Å². The lowest BCUT2D eigenvalue weighted by Crippen LogP contribution is -2.32. The van der Waals surface area contributed by atoms with Crippen LogP contribution in [0.15, 0.2) is 18.2 Å². The van der Waals surface area contributed by atoms with E-state index in [0.29, 0.717) is 24.3 Å². The summed E-state index contributed by atoms with van der Waals surface area (Å²) in [7, 11) is 0. The number of nitrogen functional groups attached to an aromatic ring is 1. The molecule has 1 fully saturated rings. The van der Waals surface area contributed by atoms with Crippen LogP contribution < -0.4 is 16.4 Å². The number of carbonyl (C=O) groups excluding carboxylic acids is 1. The van der Waals surface area contributed by atoms with Gasteiger partial charge in [0.2, 0.25) is 5.91 Å². The molecule has 6 nitrogen and oxygen atoms in total. The zero-order valence-corrected chi connectivity index (χ0v) is 9.77. The van der Waals surface area contributed by atoms with E-state index < -0.39 is 5.97 Å². The van der Waals surface area contributed by atoms with Crippen LogP contribution in [-0.4, -0.2) is 29.6 Å². The molecule has 1 heterocycles. The Balaban J connectivity index is 2.02. The monoisotopic (exact) mass is 249 g/mol. The third-order valence-corrected chi connectivity index (χ3v) is 2.92. The number of benzene rings is 1. The Kier molecular flexibility index (Phi) is 3.36. The average molecular weight is 249 g/mol. The van der Waals surface area contributed by atoms with E-state index in [9.17, 15) is 9.59 Å². The maximum atomic E-state index is 11.0. The predicted octanol–water partition coefficient (Wildman–Crippen LogP) is 0.657. The molecule has 1 amide bonds. The van der Waals surface area contributed by atoms with E-state index in [1.807, 2.05) is 0 Å². The van der Waals surface area contributed by atoms with Gasteiger partial charge in [-0.1, -0.05) is 0 Å². The van der Waals surface area contributed by atoms with E-state index in [4.69, 9.17) is 10.8 Å². The molecule has 0 aliphatic carbocycles. The molecule has 1 unspecified atom stereocenters. The fourth-order valence-electron chi connectivity index (χ4n) is 1.91. The lowest BCUT2D eigenvalue weighted by molar-refractivity contribution is -0.119. The van der Waals surface area contributed by atoms with Gasteiger partial charge in [-0.15, -0.1) is 0 Å². The summed E-state index contributed by atoms with van der Waals surface area (Å²) in [6.07, 6.45) is 1.32. The van der Waals surface area contributed by atoms with Gasteiger partial charge in [-0.2, -0.15) is 0 Å². The molecule has 0 radical (unpaired) electrons. The third-order valence-electron chi connectivity index (χ3n) is 2.92. The molecule has 6 heteroatoms. The van der Waals surface area contributed by atoms with Gasteiger partial charge in [0.1, 0.15) is 0 Å². The summed E-state index contributed by atoms with van der Waals surface area (Å²) in [6, 6.07) is 4.58. The van der Waals surface area contributed by atoms with Crippen LogP contribution >= 0.6 is 0 Å². The highest BCUT2D eigenvalue weighted by Crippen LogP contribution is 2.20. The van der Waals surface area contributed by atoms with Crippen LogP contribution in [0.4, 0.5) is 11.4 Å². The number of carbonyl (C=O) groups is 2. The molecule has 1 aliphatic rings. The summed E-state index contributed by atoms with van der Waals surface area (Å²) < 4.78 is 0. The van der Waals surface area contributed by atoms with Crippen molar-refractivity contribution in [1.29, 1.82) is 0 Å². The Morgan fingerprint density at radius 3 is 2.94 bits per heavy atom. The SMILES string of the molecule is Nc1ccc(C(=O)O)cc1NCC1CCC(=O)N1. The first-order valence-corrected chi connectivity index (χ1v) is 5.72. The molecule has 18 heavy (non-hydrogen) atoms. The van der Waals surface area contributed by atoms with E-state index in [1.165, 1.54) is 12.1 Å². The number of amides is 1. The molecule has 0 spiro atoms. The van der Waals surface area contributed by atoms with Crippen LogP contribution in [0.1, 0.15) is 23.2 Å². The molecular formula is C12H15N3O3. The van der Waals surface area contributed by atoms with Crippen molar-refractivity contribution < 1.29 is 14.7 Å². The third kappa shape index (κ3) is 2.71. The molecule has 1 saturated heterocycles. The Morgan fingerprint density at radius 2 is 2.33 bits per heavy atom. The van der Waals surface area contributed by atoms with E-state index in [2.05, 4.69) is 10.6 Å². The van der Waals surface area contributed by atoms with Crippen molar-refractivity contribution >= 4 is 23.3 Å². The van der Waals surface area contributed by atoms with Gasteiger partial charge in [0.05, 0.1) is 16.9 Å². The summed E-state index contributed by atoms with van der Waals surface area (Å²) in [5.74, 6) is -0.943. The van der Waals surface area contributed by atoms with Gasteiger partial charge in [-0.3, -0.25) is 4.79 Å².